The topological polar surface area (TPSA) is 77.2 Å². The number of ether oxygens (including phenoxy) is 1. The summed E-state index contributed by atoms with van der Waals surface area (Å²) < 4.78 is 18.2. The molecule has 0 spiro atoms. The molecule has 0 bridgehead atoms. The fourth-order valence-corrected chi connectivity index (χ4v) is 2.91. The van der Waals surface area contributed by atoms with E-state index in [4.69, 9.17) is 10.5 Å². The number of carbonyl (C=O) groups excluding carboxylic acids is 1. The summed E-state index contributed by atoms with van der Waals surface area (Å²) in [4.78, 5) is 15.8. The number of rotatable bonds is 3. The molecule has 2 atom stereocenters. The zero-order valence-electron chi connectivity index (χ0n) is 12.8. The third-order valence-electron chi connectivity index (χ3n) is 4.16. The van der Waals surface area contributed by atoms with Crippen LogP contribution in [0.5, 0.6) is 0 Å². The predicted octanol–water partition coefficient (Wildman–Crippen LogP) is 2.09. The van der Waals surface area contributed by atoms with E-state index in [0.29, 0.717) is 29.9 Å². The second-order valence-corrected chi connectivity index (χ2v) is 5.63. The Balaban J connectivity index is 1.88. The van der Waals surface area contributed by atoms with Crippen molar-refractivity contribution in [3.63, 3.8) is 0 Å². The van der Waals surface area contributed by atoms with Gasteiger partial charge in [0, 0.05) is 18.3 Å². The standard InChI is InChI=1S/C17H18FN3O2/c1-23-17(22)15-7-12(8-20-15)11-6-14(16(19)21-9-11)10-3-2-4-13(18)5-10/h2-6,9,12,15,20H,7-8H2,1H3,(H2,19,21)/t12-,15-/m0/s1. The average Bonchev–Trinajstić information content (AvgIpc) is 3.04. The van der Waals surface area contributed by atoms with Gasteiger partial charge in [0.15, 0.2) is 0 Å². The molecule has 6 heteroatoms. The molecule has 1 aromatic heterocycles. The van der Waals surface area contributed by atoms with Crippen molar-refractivity contribution in [2.75, 3.05) is 19.4 Å². The summed E-state index contributed by atoms with van der Waals surface area (Å²) in [5, 5.41) is 3.15. The summed E-state index contributed by atoms with van der Waals surface area (Å²) in [6.45, 7) is 0.661. The highest BCUT2D eigenvalue weighted by molar-refractivity contribution is 5.77. The molecule has 120 valence electrons. The van der Waals surface area contributed by atoms with Crippen molar-refractivity contribution in [3.8, 4) is 11.1 Å². The van der Waals surface area contributed by atoms with E-state index in [9.17, 15) is 9.18 Å². The van der Waals surface area contributed by atoms with Crippen LogP contribution in [0.15, 0.2) is 36.5 Å². The highest BCUT2D eigenvalue weighted by Gasteiger charge is 2.31. The second-order valence-electron chi connectivity index (χ2n) is 5.63. The van der Waals surface area contributed by atoms with E-state index in [1.165, 1.54) is 19.2 Å². The van der Waals surface area contributed by atoms with E-state index in [0.717, 1.165) is 5.56 Å². The molecule has 0 saturated carbocycles. The van der Waals surface area contributed by atoms with Crippen LogP contribution in [0.3, 0.4) is 0 Å². The summed E-state index contributed by atoms with van der Waals surface area (Å²) in [5.41, 5.74) is 8.30. The lowest BCUT2D eigenvalue weighted by atomic mass is 9.95. The molecule has 1 aliphatic rings. The largest absolute Gasteiger partial charge is 0.468 e. The van der Waals surface area contributed by atoms with Gasteiger partial charge in [-0.05, 0) is 41.7 Å². The molecule has 1 aromatic carbocycles. The highest BCUT2D eigenvalue weighted by atomic mass is 19.1. The first-order valence-corrected chi connectivity index (χ1v) is 7.41. The third-order valence-corrected chi connectivity index (χ3v) is 4.16. The molecule has 1 fully saturated rings. The van der Waals surface area contributed by atoms with Gasteiger partial charge in [-0.1, -0.05) is 12.1 Å². The fraction of sp³-hybridized carbons (Fsp3) is 0.294. The first-order valence-electron chi connectivity index (χ1n) is 7.41. The molecule has 2 aromatic rings. The number of anilines is 1. The SMILES string of the molecule is COC(=O)[C@@H]1C[C@H](c2cnc(N)c(-c3cccc(F)c3)c2)CN1. The maximum Gasteiger partial charge on any atom is 0.322 e. The number of carbonyl (C=O) groups is 1. The van der Waals surface area contributed by atoms with Crippen molar-refractivity contribution in [2.45, 2.75) is 18.4 Å². The summed E-state index contributed by atoms with van der Waals surface area (Å²) >= 11 is 0. The Hall–Kier alpha value is -2.47. The van der Waals surface area contributed by atoms with Gasteiger partial charge in [-0.2, -0.15) is 0 Å². The zero-order chi connectivity index (χ0) is 16.4. The number of benzene rings is 1. The molecular formula is C17H18FN3O2. The van der Waals surface area contributed by atoms with Crippen molar-refractivity contribution in [1.82, 2.24) is 10.3 Å². The lowest BCUT2D eigenvalue weighted by Gasteiger charge is -2.13. The lowest BCUT2D eigenvalue weighted by Crippen LogP contribution is -2.31. The molecule has 3 N–H and O–H groups in total. The quantitative estimate of drug-likeness (QED) is 0.848. The van der Waals surface area contributed by atoms with Crippen LogP contribution in [-0.2, 0) is 9.53 Å². The van der Waals surface area contributed by atoms with Crippen LogP contribution in [0.2, 0.25) is 0 Å². The molecular weight excluding hydrogens is 297 g/mol. The van der Waals surface area contributed by atoms with Gasteiger partial charge in [0.05, 0.1) is 7.11 Å². The number of halogens is 1. The van der Waals surface area contributed by atoms with E-state index >= 15 is 0 Å². The normalized spacial score (nSPS) is 20.4. The second kappa shape index (κ2) is 6.34. The van der Waals surface area contributed by atoms with Crippen molar-refractivity contribution < 1.29 is 13.9 Å². The van der Waals surface area contributed by atoms with Crippen LogP contribution in [0.4, 0.5) is 10.2 Å². The minimum atomic E-state index is -0.319. The van der Waals surface area contributed by atoms with Crippen molar-refractivity contribution in [2.24, 2.45) is 0 Å². The number of nitrogens with zero attached hydrogens (tertiary/aromatic N) is 1. The Morgan fingerprint density at radius 3 is 3.00 bits per heavy atom. The fourth-order valence-electron chi connectivity index (χ4n) is 2.91. The van der Waals surface area contributed by atoms with Gasteiger partial charge in [-0.15, -0.1) is 0 Å². The monoisotopic (exact) mass is 315 g/mol. The highest BCUT2D eigenvalue weighted by Crippen LogP contribution is 2.31. The summed E-state index contributed by atoms with van der Waals surface area (Å²) in [7, 11) is 1.38. The molecule has 0 radical (unpaired) electrons. The summed E-state index contributed by atoms with van der Waals surface area (Å²) in [6.07, 6.45) is 2.35. The Morgan fingerprint density at radius 1 is 1.43 bits per heavy atom. The summed E-state index contributed by atoms with van der Waals surface area (Å²) in [5.74, 6) is -0.0869. The first kappa shape index (κ1) is 15.4. The van der Waals surface area contributed by atoms with Crippen LogP contribution in [0.25, 0.3) is 11.1 Å². The van der Waals surface area contributed by atoms with E-state index in [-0.39, 0.29) is 23.7 Å². The lowest BCUT2D eigenvalue weighted by molar-refractivity contribution is -0.142. The van der Waals surface area contributed by atoms with E-state index in [2.05, 4.69) is 10.3 Å². The number of aromatic nitrogens is 1. The Bertz CT molecular complexity index is 736. The van der Waals surface area contributed by atoms with Crippen molar-refractivity contribution in [3.05, 3.63) is 47.9 Å². The van der Waals surface area contributed by atoms with E-state index in [1.54, 1.807) is 18.3 Å². The molecule has 1 saturated heterocycles. The Labute approximate surface area is 133 Å². The molecule has 0 aliphatic carbocycles. The van der Waals surface area contributed by atoms with Crippen LogP contribution < -0.4 is 11.1 Å². The Morgan fingerprint density at radius 2 is 2.26 bits per heavy atom. The van der Waals surface area contributed by atoms with Gasteiger partial charge in [-0.3, -0.25) is 4.79 Å². The average molecular weight is 315 g/mol. The van der Waals surface area contributed by atoms with Crippen LogP contribution in [-0.4, -0.2) is 30.6 Å². The zero-order valence-corrected chi connectivity index (χ0v) is 12.8. The van der Waals surface area contributed by atoms with Gasteiger partial charge in [-0.25, -0.2) is 9.37 Å². The molecule has 2 heterocycles. The van der Waals surface area contributed by atoms with Gasteiger partial charge in [0.1, 0.15) is 17.7 Å². The number of nitrogens with two attached hydrogens (primary N) is 1. The number of hydrogen-bond donors (Lipinski definition) is 2. The number of nitrogen functional groups attached to an aromatic ring is 1. The summed E-state index contributed by atoms with van der Waals surface area (Å²) in [6, 6.07) is 7.87. The molecule has 0 amide bonds. The molecule has 3 rings (SSSR count). The maximum absolute atomic E-state index is 13.4. The molecule has 0 unspecified atom stereocenters. The van der Waals surface area contributed by atoms with Crippen molar-refractivity contribution >= 4 is 11.8 Å². The van der Waals surface area contributed by atoms with Crippen LogP contribution >= 0.6 is 0 Å². The van der Waals surface area contributed by atoms with Gasteiger partial charge < -0.3 is 15.8 Å². The van der Waals surface area contributed by atoms with Crippen LogP contribution in [0, 0.1) is 5.82 Å². The minimum Gasteiger partial charge on any atom is -0.468 e. The van der Waals surface area contributed by atoms with Gasteiger partial charge >= 0.3 is 5.97 Å². The third kappa shape index (κ3) is 3.17. The van der Waals surface area contributed by atoms with Gasteiger partial charge in [0.25, 0.3) is 0 Å². The number of nitrogens with one attached hydrogen (secondary N) is 1. The smallest absolute Gasteiger partial charge is 0.322 e. The molecule has 1 aliphatic heterocycles. The molecule has 23 heavy (non-hydrogen) atoms. The van der Waals surface area contributed by atoms with Gasteiger partial charge in [0.2, 0.25) is 0 Å². The minimum absolute atomic E-state index is 0.138. The first-order chi connectivity index (χ1) is 11.1. The van der Waals surface area contributed by atoms with E-state index < -0.39 is 0 Å². The number of methoxy groups -OCH3 is 1. The molecule has 5 nitrogen and oxygen atoms in total. The van der Waals surface area contributed by atoms with Crippen LogP contribution in [0.1, 0.15) is 17.9 Å². The van der Waals surface area contributed by atoms with E-state index in [1.807, 2.05) is 6.07 Å². The number of pyridine rings is 1. The maximum atomic E-state index is 13.4. The predicted molar refractivity (Wildman–Crippen MR) is 85.2 cm³/mol. The number of hydrogen-bond acceptors (Lipinski definition) is 5. The number of esters is 1. The van der Waals surface area contributed by atoms with Crippen molar-refractivity contribution in [1.29, 1.82) is 0 Å². The Kier molecular flexibility index (Phi) is 4.25.